The minimum absolute atomic E-state index is 0.00650. The maximum absolute atomic E-state index is 13.7. The molecule has 3 unspecified atom stereocenters. The summed E-state index contributed by atoms with van der Waals surface area (Å²) < 4.78 is 11.0. The molecule has 1 aliphatic heterocycles. The fourth-order valence-electron chi connectivity index (χ4n) is 4.41. The number of Topliss-reactive ketones (excluding diaryl/α,β-unsaturated/α-hetero) is 1. The lowest BCUT2D eigenvalue weighted by Gasteiger charge is -2.32. The van der Waals surface area contributed by atoms with Gasteiger partial charge in [-0.15, -0.1) is 0 Å². The molecule has 4 rings (SSSR count). The summed E-state index contributed by atoms with van der Waals surface area (Å²) in [5.41, 5.74) is 3.64. The van der Waals surface area contributed by atoms with Crippen LogP contribution in [0.2, 0.25) is 0 Å². The number of carbonyl (C=O) groups is 2. The molecule has 32 heavy (non-hydrogen) atoms. The molecule has 168 valence electrons. The first kappa shape index (κ1) is 22.2. The van der Waals surface area contributed by atoms with Gasteiger partial charge in [-0.3, -0.25) is 9.59 Å². The van der Waals surface area contributed by atoms with Crippen molar-refractivity contribution in [3.63, 3.8) is 0 Å². The SMILES string of the molecule is CCOc1cc(C2Nc3ccccc3NC3=C2C(=O)C(C(=O)OC)C(C)C3)cc(Br)c1O. The van der Waals surface area contributed by atoms with E-state index in [-0.39, 0.29) is 17.5 Å². The number of ketones is 1. The number of carbonyl (C=O) groups excluding carboxylic acids is 2. The zero-order valence-corrected chi connectivity index (χ0v) is 19.7. The predicted octanol–water partition coefficient (Wildman–Crippen LogP) is 4.78. The van der Waals surface area contributed by atoms with Crippen LogP contribution in [-0.4, -0.2) is 30.6 Å². The van der Waals surface area contributed by atoms with Crippen molar-refractivity contribution in [1.82, 2.24) is 0 Å². The van der Waals surface area contributed by atoms with Crippen molar-refractivity contribution < 1.29 is 24.2 Å². The molecular weight excluding hydrogens is 476 g/mol. The van der Waals surface area contributed by atoms with Gasteiger partial charge in [0, 0.05) is 11.3 Å². The van der Waals surface area contributed by atoms with Crippen LogP contribution in [0.5, 0.6) is 11.5 Å². The van der Waals surface area contributed by atoms with Crippen LogP contribution in [0, 0.1) is 11.8 Å². The molecule has 0 aromatic heterocycles. The molecular formula is C24H25BrN2O5. The Balaban J connectivity index is 1.90. The molecule has 1 aliphatic carbocycles. The summed E-state index contributed by atoms with van der Waals surface area (Å²) in [6, 6.07) is 10.6. The number of phenolic OH excluding ortho intramolecular Hbond substituents is 1. The average Bonchev–Trinajstić information content (AvgIpc) is 2.93. The number of halogens is 1. The molecule has 0 radical (unpaired) electrons. The zero-order chi connectivity index (χ0) is 23.0. The number of fused-ring (bicyclic) bond motifs is 1. The maximum Gasteiger partial charge on any atom is 0.316 e. The van der Waals surface area contributed by atoms with Gasteiger partial charge in [-0.2, -0.15) is 0 Å². The maximum atomic E-state index is 13.7. The second kappa shape index (κ2) is 8.86. The van der Waals surface area contributed by atoms with Crippen molar-refractivity contribution in [3.8, 4) is 11.5 Å². The zero-order valence-electron chi connectivity index (χ0n) is 18.1. The first-order chi connectivity index (χ1) is 15.3. The molecule has 0 bridgehead atoms. The predicted molar refractivity (Wildman–Crippen MR) is 125 cm³/mol. The van der Waals surface area contributed by atoms with Crippen LogP contribution >= 0.6 is 15.9 Å². The number of anilines is 2. The normalized spacial score (nSPS) is 22.1. The highest BCUT2D eigenvalue weighted by Gasteiger charge is 2.44. The molecule has 0 saturated carbocycles. The number of para-hydroxylation sites is 2. The average molecular weight is 501 g/mol. The van der Waals surface area contributed by atoms with Crippen LogP contribution in [0.25, 0.3) is 0 Å². The fraction of sp³-hybridized carbons (Fsp3) is 0.333. The molecule has 7 nitrogen and oxygen atoms in total. The van der Waals surface area contributed by atoms with Gasteiger partial charge in [0.05, 0.1) is 35.6 Å². The standard InChI is InChI=1S/C24H25BrN2O5/c1-4-32-18-11-13(10-14(25)22(18)28)21-20-17(26-15-7-5-6-8-16(15)27-21)9-12(2)19(23(20)29)24(30)31-3/h5-8,10-12,19,21,26-28H,4,9H2,1-3H3. The molecule has 0 amide bonds. The molecule has 0 saturated heterocycles. The number of aromatic hydroxyl groups is 1. The van der Waals surface area contributed by atoms with Gasteiger partial charge in [0.15, 0.2) is 17.3 Å². The summed E-state index contributed by atoms with van der Waals surface area (Å²) >= 11 is 3.40. The largest absolute Gasteiger partial charge is 0.503 e. The number of nitrogens with one attached hydrogen (secondary N) is 2. The lowest BCUT2D eigenvalue weighted by molar-refractivity contribution is -0.151. The van der Waals surface area contributed by atoms with E-state index in [2.05, 4.69) is 26.6 Å². The number of hydrogen-bond acceptors (Lipinski definition) is 7. The third-order valence-corrected chi connectivity index (χ3v) is 6.51. The van der Waals surface area contributed by atoms with Crippen LogP contribution in [0.3, 0.4) is 0 Å². The number of allylic oxidation sites excluding steroid dienone is 1. The number of phenols is 1. The van der Waals surface area contributed by atoms with Crippen LogP contribution in [0.4, 0.5) is 11.4 Å². The van der Waals surface area contributed by atoms with Crippen molar-refractivity contribution in [3.05, 3.63) is 57.7 Å². The number of esters is 1. The van der Waals surface area contributed by atoms with Crippen molar-refractivity contribution in [2.45, 2.75) is 26.3 Å². The molecule has 0 spiro atoms. The smallest absolute Gasteiger partial charge is 0.316 e. The number of methoxy groups -OCH3 is 1. The van der Waals surface area contributed by atoms with Crippen molar-refractivity contribution >= 4 is 39.1 Å². The van der Waals surface area contributed by atoms with Crippen LogP contribution < -0.4 is 15.4 Å². The van der Waals surface area contributed by atoms with Gasteiger partial charge in [-0.1, -0.05) is 19.1 Å². The number of benzene rings is 2. The number of ether oxygens (including phenoxy) is 2. The fourth-order valence-corrected chi connectivity index (χ4v) is 4.87. The molecule has 1 heterocycles. The van der Waals surface area contributed by atoms with Gasteiger partial charge in [-0.25, -0.2) is 0 Å². The van der Waals surface area contributed by atoms with E-state index in [0.29, 0.717) is 28.8 Å². The van der Waals surface area contributed by atoms with E-state index in [9.17, 15) is 14.7 Å². The summed E-state index contributed by atoms with van der Waals surface area (Å²) in [5.74, 6) is -1.59. The highest BCUT2D eigenvalue weighted by Crippen LogP contribution is 2.46. The second-order valence-corrected chi connectivity index (χ2v) is 8.82. The van der Waals surface area contributed by atoms with E-state index in [1.165, 1.54) is 7.11 Å². The monoisotopic (exact) mass is 500 g/mol. The van der Waals surface area contributed by atoms with Crippen molar-refractivity contribution in [1.29, 1.82) is 0 Å². The Labute approximate surface area is 194 Å². The van der Waals surface area contributed by atoms with Crippen LogP contribution in [-0.2, 0) is 14.3 Å². The Bertz CT molecular complexity index is 1110. The molecule has 0 fully saturated rings. The molecule has 2 aliphatic rings. The lowest BCUT2D eigenvalue weighted by Crippen LogP contribution is -2.39. The molecule has 3 atom stereocenters. The van der Waals surface area contributed by atoms with Gasteiger partial charge in [0.2, 0.25) is 0 Å². The third-order valence-electron chi connectivity index (χ3n) is 5.91. The van der Waals surface area contributed by atoms with Gasteiger partial charge < -0.3 is 25.2 Å². The van der Waals surface area contributed by atoms with E-state index in [1.807, 2.05) is 38.1 Å². The number of hydrogen-bond donors (Lipinski definition) is 3. The molecule has 8 heteroatoms. The van der Waals surface area contributed by atoms with Gasteiger partial charge in [0.1, 0.15) is 5.92 Å². The molecule has 2 aromatic rings. The first-order valence-corrected chi connectivity index (χ1v) is 11.3. The Kier molecular flexibility index (Phi) is 6.15. The Hall–Kier alpha value is -3.00. The minimum Gasteiger partial charge on any atom is -0.503 e. The quantitative estimate of drug-likeness (QED) is 0.410. The highest BCUT2D eigenvalue weighted by atomic mass is 79.9. The van der Waals surface area contributed by atoms with Crippen LogP contribution in [0.1, 0.15) is 31.9 Å². The Morgan fingerprint density at radius 1 is 1.25 bits per heavy atom. The summed E-state index contributed by atoms with van der Waals surface area (Å²) in [4.78, 5) is 26.2. The van der Waals surface area contributed by atoms with E-state index < -0.39 is 17.9 Å². The van der Waals surface area contributed by atoms with Gasteiger partial charge in [0.25, 0.3) is 0 Å². The summed E-state index contributed by atoms with van der Waals surface area (Å²) in [6.07, 6.45) is 0.519. The number of rotatable bonds is 4. The minimum atomic E-state index is -0.877. The van der Waals surface area contributed by atoms with Gasteiger partial charge >= 0.3 is 5.97 Å². The van der Waals surface area contributed by atoms with E-state index in [1.54, 1.807) is 12.1 Å². The summed E-state index contributed by atoms with van der Waals surface area (Å²) in [6.45, 7) is 4.09. The van der Waals surface area contributed by atoms with E-state index >= 15 is 0 Å². The van der Waals surface area contributed by atoms with Crippen molar-refractivity contribution in [2.75, 3.05) is 24.4 Å². The van der Waals surface area contributed by atoms with Crippen LogP contribution in [0.15, 0.2) is 52.1 Å². The van der Waals surface area contributed by atoms with E-state index in [0.717, 1.165) is 22.6 Å². The molecule has 3 N–H and O–H groups in total. The summed E-state index contributed by atoms with van der Waals surface area (Å²) in [5, 5.41) is 17.3. The highest BCUT2D eigenvalue weighted by molar-refractivity contribution is 9.10. The van der Waals surface area contributed by atoms with Crippen molar-refractivity contribution in [2.24, 2.45) is 11.8 Å². The Morgan fingerprint density at radius 2 is 1.97 bits per heavy atom. The van der Waals surface area contributed by atoms with E-state index in [4.69, 9.17) is 9.47 Å². The topological polar surface area (TPSA) is 96.9 Å². The second-order valence-electron chi connectivity index (χ2n) is 7.97. The summed E-state index contributed by atoms with van der Waals surface area (Å²) in [7, 11) is 1.30. The third kappa shape index (κ3) is 3.83. The lowest BCUT2D eigenvalue weighted by atomic mass is 9.75. The first-order valence-electron chi connectivity index (χ1n) is 10.5. The Morgan fingerprint density at radius 3 is 2.66 bits per heavy atom. The molecule has 2 aromatic carbocycles. The van der Waals surface area contributed by atoms with Gasteiger partial charge in [-0.05, 0) is 65.0 Å².